The highest BCUT2D eigenvalue weighted by atomic mass is 35.5. The van der Waals surface area contributed by atoms with E-state index in [1.807, 2.05) is 4.90 Å². The molecule has 116 valence electrons. The Morgan fingerprint density at radius 2 is 1.81 bits per heavy atom. The van der Waals surface area contributed by atoms with E-state index in [4.69, 9.17) is 51.5 Å². The normalized spacial score (nSPS) is 14.6. The molecule has 1 aromatic rings. The quantitative estimate of drug-likeness (QED) is 0.749. The molecule has 0 radical (unpaired) electrons. The van der Waals surface area contributed by atoms with Crippen molar-refractivity contribution in [3.63, 3.8) is 0 Å². The number of aliphatic hydroxyl groups excluding tert-OH is 1. The van der Waals surface area contributed by atoms with E-state index in [0.29, 0.717) is 12.6 Å². The van der Waals surface area contributed by atoms with E-state index in [2.05, 4.69) is 5.32 Å². The third kappa shape index (κ3) is 4.38. The molecule has 0 unspecified atom stereocenters. The third-order valence-electron chi connectivity index (χ3n) is 3.17. The van der Waals surface area contributed by atoms with E-state index in [1.54, 1.807) is 0 Å². The molecule has 1 fully saturated rings. The van der Waals surface area contributed by atoms with Gasteiger partial charge in [0.05, 0.1) is 38.9 Å². The summed E-state index contributed by atoms with van der Waals surface area (Å²) in [7, 11) is 0. The summed E-state index contributed by atoms with van der Waals surface area (Å²) in [6.45, 7) is 0.617. The first kappa shape index (κ1) is 17.1. The van der Waals surface area contributed by atoms with Gasteiger partial charge < -0.3 is 10.4 Å². The van der Waals surface area contributed by atoms with Crippen LogP contribution >= 0.6 is 46.4 Å². The second kappa shape index (κ2) is 7.36. The molecular formula is C13H14Cl4N2O2. The monoisotopic (exact) mass is 370 g/mol. The zero-order valence-electron chi connectivity index (χ0n) is 11.0. The Bertz CT molecular complexity index is 523. The summed E-state index contributed by atoms with van der Waals surface area (Å²) in [5, 5.41) is 12.4. The number of aliphatic hydroxyl groups is 1. The second-order valence-corrected chi connectivity index (χ2v) is 6.39. The molecule has 21 heavy (non-hydrogen) atoms. The zero-order chi connectivity index (χ0) is 15.6. The van der Waals surface area contributed by atoms with E-state index >= 15 is 0 Å². The van der Waals surface area contributed by atoms with Gasteiger partial charge in [-0.1, -0.05) is 46.4 Å². The molecule has 2 N–H and O–H groups in total. The fourth-order valence-corrected chi connectivity index (χ4v) is 2.91. The molecule has 0 saturated heterocycles. The fourth-order valence-electron chi connectivity index (χ4n) is 2.01. The van der Waals surface area contributed by atoms with E-state index in [9.17, 15) is 4.79 Å². The van der Waals surface area contributed by atoms with Crippen molar-refractivity contribution < 1.29 is 9.90 Å². The first-order valence-electron chi connectivity index (χ1n) is 6.41. The molecular weight excluding hydrogens is 358 g/mol. The highest BCUT2D eigenvalue weighted by molar-refractivity contribution is 6.50. The second-order valence-electron chi connectivity index (χ2n) is 4.82. The summed E-state index contributed by atoms with van der Waals surface area (Å²) in [5.74, 6) is -0.280. The van der Waals surface area contributed by atoms with Gasteiger partial charge in [0, 0.05) is 12.6 Å². The number of rotatable bonds is 6. The lowest BCUT2D eigenvalue weighted by molar-refractivity contribution is -0.117. The Hall–Kier alpha value is -0.230. The number of nitrogens with one attached hydrogen (secondary N) is 1. The van der Waals surface area contributed by atoms with Crippen molar-refractivity contribution >= 4 is 58.0 Å². The molecule has 8 heteroatoms. The number of nitrogens with zero attached hydrogens (tertiary/aromatic N) is 1. The lowest BCUT2D eigenvalue weighted by atomic mass is 10.3. The van der Waals surface area contributed by atoms with Crippen molar-refractivity contribution in [1.82, 2.24) is 4.90 Å². The number of benzene rings is 1. The Balaban J connectivity index is 2.09. The summed E-state index contributed by atoms with van der Waals surface area (Å²) in [5.41, 5.74) is 0.209. The molecule has 0 aliphatic heterocycles. The van der Waals surface area contributed by atoms with Gasteiger partial charge in [0.15, 0.2) is 0 Å². The Morgan fingerprint density at radius 1 is 1.24 bits per heavy atom. The molecule has 1 amide bonds. The minimum atomic E-state index is -0.280. The fraction of sp³-hybridized carbons (Fsp3) is 0.462. The van der Waals surface area contributed by atoms with Crippen LogP contribution in [-0.2, 0) is 4.79 Å². The molecule has 1 aromatic carbocycles. The van der Waals surface area contributed by atoms with E-state index in [0.717, 1.165) is 12.8 Å². The van der Waals surface area contributed by atoms with E-state index in [1.165, 1.54) is 6.07 Å². The lowest BCUT2D eigenvalue weighted by Gasteiger charge is -2.20. The SMILES string of the molecule is O=C(CN(CCO)C1CC1)Nc1c(Cl)c(Cl)cc(Cl)c1Cl. The van der Waals surface area contributed by atoms with Crippen LogP contribution in [-0.4, -0.2) is 41.7 Å². The Kier molecular flexibility index (Phi) is 6.00. The van der Waals surface area contributed by atoms with Gasteiger partial charge >= 0.3 is 0 Å². The first-order valence-corrected chi connectivity index (χ1v) is 7.93. The molecule has 1 aliphatic carbocycles. The first-order chi connectivity index (χ1) is 9.93. The van der Waals surface area contributed by atoms with Gasteiger partial charge in [-0.05, 0) is 18.9 Å². The topological polar surface area (TPSA) is 52.6 Å². The molecule has 0 bridgehead atoms. The van der Waals surface area contributed by atoms with Gasteiger partial charge in [-0.15, -0.1) is 0 Å². The molecule has 2 rings (SSSR count). The molecule has 1 saturated carbocycles. The maximum Gasteiger partial charge on any atom is 0.238 e. The van der Waals surface area contributed by atoms with Crippen LogP contribution in [0, 0.1) is 0 Å². The van der Waals surface area contributed by atoms with E-state index < -0.39 is 0 Å². The Morgan fingerprint density at radius 3 is 2.29 bits per heavy atom. The van der Waals surface area contributed by atoms with Crippen LogP contribution in [0.15, 0.2) is 6.07 Å². The molecule has 0 spiro atoms. The summed E-state index contributed by atoms with van der Waals surface area (Å²) < 4.78 is 0. The van der Waals surface area contributed by atoms with Gasteiger partial charge in [-0.2, -0.15) is 0 Å². The van der Waals surface area contributed by atoms with Gasteiger partial charge in [0.1, 0.15) is 0 Å². The summed E-state index contributed by atoms with van der Waals surface area (Å²) >= 11 is 23.9. The third-order valence-corrected chi connectivity index (χ3v) is 4.75. The Labute approximate surface area is 142 Å². The number of halogens is 4. The number of anilines is 1. The number of carbonyl (C=O) groups excluding carboxylic acids is 1. The van der Waals surface area contributed by atoms with Gasteiger partial charge in [-0.3, -0.25) is 9.69 Å². The predicted octanol–water partition coefficient (Wildman–Crippen LogP) is 3.70. The van der Waals surface area contributed by atoms with Crippen molar-refractivity contribution in [2.45, 2.75) is 18.9 Å². The predicted molar refractivity (Wildman–Crippen MR) is 86.8 cm³/mol. The van der Waals surface area contributed by atoms with Gasteiger partial charge in [0.25, 0.3) is 0 Å². The van der Waals surface area contributed by atoms with Crippen LogP contribution in [0.3, 0.4) is 0 Å². The smallest absolute Gasteiger partial charge is 0.238 e. The van der Waals surface area contributed by atoms with Crippen LogP contribution in [0.2, 0.25) is 20.1 Å². The molecule has 4 nitrogen and oxygen atoms in total. The standard InChI is InChI=1S/C13H14Cl4N2O2/c14-8-5-9(15)12(17)13(11(8)16)18-10(21)6-19(3-4-20)7-1-2-7/h5,7,20H,1-4,6H2,(H,18,21). The average molecular weight is 372 g/mol. The largest absolute Gasteiger partial charge is 0.395 e. The van der Waals surface area contributed by atoms with Crippen molar-refractivity contribution in [2.24, 2.45) is 0 Å². The summed E-state index contributed by atoms with van der Waals surface area (Å²) in [6.07, 6.45) is 2.08. The summed E-state index contributed by atoms with van der Waals surface area (Å²) in [6, 6.07) is 1.78. The maximum atomic E-state index is 12.1. The van der Waals surface area contributed by atoms with Crippen LogP contribution < -0.4 is 5.32 Å². The van der Waals surface area contributed by atoms with E-state index in [-0.39, 0.29) is 44.8 Å². The number of carbonyl (C=O) groups is 1. The van der Waals surface area contributed by atoms with Gasteiger partial charge in [0.2, 0.25) is 5.91 Å². The lowest BCUT2D eigenvalue weighted by Crippen LogP contribution is -2.36. The van der Waals surface area contributed by atoms with Crippen molar-refractivity contribution in [1.29, 1.82) is 0 Å². The highest BCUT2D eigenvalue weighted by Gasteiger charge is 2.30. The maximum absolute atomic E-state index is 12.1. The number of hydrogen-bond acceptors (Lipinski definition) is 3. The van der Waals surface area contributed by atoms with Crippen LogP contribution in [0.4, 0.5) is 5.69 Å². The average Bonchev–Trinajstić information content (AvgIpc) is 3.25. The van der Waals surface area contributed by atoms with Crippen LogP contribution in [0.5, 0.6) is 0 Å². The number of hydrogen-bond donors (Lipinski definition) is 2. The van der Waals surface area contributed by atoms with Crippen molar-refractivity contribution in [2.75, 3.05) is 25.0 Å². The zero-order valence-corrected chi connectivity index (χ0v) is 14.0. The number of amides is 1. The minimum Gasteiger partial charge on any atom is -0.395 e. The van der Waals surface area contributed by atoms with Gasteiger partial charge in [-0.25, -0.2) is 0 Å². The molecule has 0 aromatic heterocycles. The van der Waals surface area contributed by atoms with Crippen LogP contribution in [0.25, 0.3) is 0 Å². The highest BCUT2D eigenvalue weighted by Crippen LogP contribution is 2.41. The molecule has 0 heterocycles. The summed E-state index contributed by atoms with van der Waals surface area (Å²) in [4.78, 5) is 14.0. The van der Waals surface area contributed by atoms with Crippen molar-refractivity contribution in [3.8, 4) is 0 Å². The minimum absolute atomic E-state index is 0.00822. The van der Waals surface area contributed by atoms with Crippen LogP contribution in [0.1, 0.15) is 12.8 Å². The van der Waals surface area contributed by atoms with Crippen molar-refractivity contribution in [3.05, 3.63) is 26.2 Å². The molecule has 0 atom stereocenters. The molecule has 1 aliphatic rings.